The van der Waals surface area contributed by atoms with Crippen LogP contribution >= 0.6 is 11.8 Å². The molecule has 1 amide bonds. The lowest BCUT2D eigenvalue weighted by Gasteiger charge is -2.25. The monoisotopic (exact) mass is 389 g/mol. The number of amides is 1. The first-order chi connectivity index (χ1) is 13.1. The molecule has 7 heteroatoms. The average Bonchev–Trinajstić information content (AvgIpc) is 3.06. The van der Waals surface area contributed by atoms with Crippen LogP contribution in [0.1, 0.15) is 31.2 Å². The fourth-order valence-corrected chi connectivity index (χ4v) is 4.19. The fourth-order valence-electron chi connectivity index (χ4n) is 2.99. The second-order valence-electron chi connectivity index (χ2n) is 5.95. The molecule has 27 heavy (non-hydrogen) atoms. The van der Waals surface area contributed by atoms with E-state index in [1.54, 1.807) is 29.2 Å². The van der Waals surface area contributed by atoms with Crippen molar-refractivity contribution in [3.05, 3.63) is 60.2 Å². The highest BCUT2D eigenvalue weighted by molar-refractivity contribution is 8.00. The lowest BCUT2D eigenvalue weighted by molar-refractivity contribution is -0.130. The van der Waals surface area contributed by atoms with Crippen LogP contribution in [-0.4, -0.2) is 33.4 Å². The number of hydrogen-bond donors (Lipinski definition) is 0. The number of alkyl halides is 2. The van der Waals surface area contributed by atoms with Crippen LogP contribution in [0.15, 0.2) is 59.8 Å². The number of aromatic nitrogens is 2. The minimum atomic E-state index is -2.74. The van der Waals surface area contributed by atoms with E-state index in [-0.39, 0.29) is 11.1 Å². The van der Waals surface area contributed by atoms with E-state index in [0.29, 0.717) is 24.1 Å². The minimum absolute atomic E-state index is 0.107. The molecule has 1 heterocycles. The van der Waals surface area contributed by atoms with Crippen LogP contribution in [0.3, 0.4) is 0 Å². The van der Waals surface area contributed by atoms with Crippen molar-refractivity contribution in [3.63, 3.8) is 0 Å². The highest BCUT2D eigenvalue weighted by Crippen LogP contribution is 2.39. The number of halogens is 2. The molecule has 0 N–H and O–H groups in total. The van der Waals surface area contributed by atoms with Crippen LogP contribution < -0.4 is 0 Å². The number of imidazole rings is 1. The van der Waals surface area contributed by atoms with Crippen molar-refractivity contribution in [1.29, 1.82) is 0 Å². The maximum absolute atomic E-state index is 13.7. The molecule has 3 aromatic rings. The Kier molecular flexibility index (Phi) is 6.11. The first-order valence-corrected chi connectivity index (χ1v) is 9.70. The van der Waals surface area contributed by atoms with Gasteiger partial charge in [0.2, 0.25) is 5.91 Å². The predicted octanol–water partition coefficient (Wildman–Crippen LogP) is 5.13. The maximum Gasteiger partial charge on any atom is 0.321 e. The van der Waals surface area contributed by atoms with Crippen LogP contribution in [0, 0.1) is 0 Å². The SMILES string of the molecule is CCN(CC)C(=O)C(Sc1nc2ccccc2n1C(F)F)c1ccccc1. The first kappa shape index (κ1) is 19.4. The Morgan fingerprint density at radius 1 is 1.07 bits per heavy atom. The third-order valence-electron chi connectivity index (χ3n) is 4.38. The summed E-state index contributed by atoms with van der Waals surface area (Å²) in [7, 11) is 0. The van der Waals surface area contributed by atoms with Gasteiger partial charge in [-0.2, -0.15) is 8.78 Å². The molecular formula is C20H21F2N3OS. The minimum Gasteiger partial charge on any atom is -0.342 e. The van der Waals surface area contributed by atoms with Gasteiger partial charge in [0.1, 0.15) is 5.25 Å². The standard InChI is InChI=1S/C20H21F2N3OS/c1-3-24(4-2)18(26)17(14-10-6-5-7-11-14)27-20-23-15-12-8-9-13-16(15)25(20)19(21)22/h5-13,17,19H,3-4H2,1-2H3. The van der Waals surface area contributed by atoms with E-state index < -0.39 is 11.8 Å². The van der Waals surface area contributed by atoms with Gasteiger partial charge in [0.05, 0.1) is 11.0 Å². The van der Waals surface area contributed by atoms with Gasteiger partial charge in [-0.3, -0.25) is 9.36 Å². The summed E-state index contributed by atoms with van der Waals surface area (Å²) >= 11 is 1.07. The Hall–Kier alpha value is -2.41. The molecule has 0 aliphatic heterocycles. The van der Waals surface area contributed by atoms with Gasteiger partial charge in [-0.25, -0.2) is 4.98 Å². The molecule has 0 aliphatic rings. The average molecular weight is 389 g/mol. The zero-order valence-corrected chi connectivity index (χ0v) is 16.0. The number of nitrogens with zero attached hydrogens (tertiary/aromatic N) is 3. The number of likely N-dealkylation sites (N-methyl/N-ethyl adjacent to an activating group) is 1. The van der Waals surface area contributed by atoms with Crippen molar-refractivity contribution in [2.45, 2.75) is 30.8 Å². The third-order valence-corrected chi connectivity index (χ3v) is 5.59. The molecule has 0 fully saturated rings. The van der Waals surface area contributed by atoms with Crippen molar-refractivity contribution < 1.29 is 13.6 Å². The molecule has 2 aromatic carbocycles. The maximum atomic E-state index is 13.7. The van der Waals surface area contributed by atoms with Gasteiger partial charge in [0.15, 0.2) is 5.16 Å². The normalized spacial score (nSPS) is 12.5. The topological polar surface area (TPSA) is 38.1 Å². The van der Waals surface area contributed by atoms with E-state index in [9.17, 15) is 13.6 Å². The van der Waals surface area contributed by atoms with Gasteiger partial charge in [-0.1, -0.05) is 54.2 Å². The highest BCUT2D eigenvalue weighted by Gasteiger charge is 2.29. The summed E-state index contributed by atoms with van der Waals surface area (Å²) in [6, 6.07) is 16.0. The van der Waals surface area contributed by atoms with E-state index in [1.165, 1.54) is 0 Å². The number of carbonyl (C=O) groups is 1. The van der Waals surface area contributed by atoms with Crippen molar-refractivity contribution >= 4 is 28.7 Å². The van der Waals surface area contributed by atoms with Gasteiger partial charge in [0.25, 0.3) is 0 Å². The van der Waals surface area contributed by atoms with E-state index in [2.05, 4.69) is 4.98 Å². The Morgan fingerprint density at radius 2 is 1.70 bits per heavy atom. The summed E-state index contributed by atoms with van der Waals surface area (Å²) in [6.07, 6.45) is 0. The largest absolute Gasteiger partial charge is 0.342 e. The van der Waals surface area contributed by atoms with Gasteiger partial charge in [-0.15, -0.1) is 0 Å². The fraction of sp³-hybridized carbons (Fsp3) is 0.300. The number of para-hydroxylation sites is 2. The lowest BCUT2D eigenvalue weighted by atomic mass is 10.1. The zero-order valence-electron chi connectivity index (χ0n) is 15.2. The molecule has 0 spiro atoms. The second kappa shape index (κ2) is 8.52. The third kappa shape index (κ3) is 3.98. The first-order valence-electron chi connectivity index (χ1n) is 8.82. The molecular weight excluding hydrogens is 368 g/mol. The summed E-state index contributed by atoms with van der Waals surface area (Å²) in [5.41, 5.74) is 1.62. The van der Waals surface area contributed by atoms with Gasteiger partial charge in [-0.05, 0) is 31.5 Å². The molecule has 0 aliphatic carbocycles. The van der Waals surface area contributed by atoms with Gasteiger partial charge < -0.3 is 4.90 Å². The van der Waals surface area contributed by atoms with Crippen molar-refractivity contribution in [2.75, 3.05) is 13.1 Å². The summed E-state index contributed by atoms with van der Waals surface area (Å²) in [5.74, 6) is -0.107. The number of hydrogen-bond acceptors (Lipinski definition) is 3. The number of fused-ring (bicyclic) bond motifs is 1. The Labute approximate surface area is 161 Å². The lowest BCUT2D eigenvalue weighted by Crippen LogP contribution is -2.34. The quantitative estimate of drug-likeness (QED) is 0.526. The number of carbonyl (C=O) groups excluding carboxylic acids is 1. The molecule has 0 bridgehead atoms. The summed E-state index contributed by atoms with van der Waals surface area (Å²) in [4.78, 5) is 19.2. The van der Waals surface area contributed by atoms with Crippen LogP contribution in [0.2, 0.25) is 0 Å². The molecule has 0 saturated heterocycles. The molecule has 1 unspecified atom stereocenters. The van der Waals surface area contributed by atoms with Crippen LogP contribution in [0.25, 0.3) is 11.0 Å². The summed E-state index contributed by atoms with van der Waals surface area (Å²) in [6.45, 7) is 2.19. The highest BCUT2D eigenvalue weighted by atomic mass is 32.2. The zero-order chi connectivity index (χ0) is 19.4. The molecule has 1 aromatic heterocycles. The Balaban J connectivity index is 2.06. The van der Waals surface area contributed by atoms with Gasteiger partial charge in [0, 0.05) is 13.1 Å². The Bertz CT molecular complexity index is 910. The van der Waals surface area contributed by atoms with Crippen LogP contribution in [-0.2, 0) is 4.79 Å². The summed E-state index contributed by atoms with van der Waals surface area (Å²) in [5, 5.41) is -0.499. The van der Waals surface area contributed by atoms with E-state index in [4.69, 9.17) is 0 Å². The summed E-state index contributed by atoms with van der Waals surface area (Å²) < 4.78 is 28.4. The number of thioether (sulfide) groups is 1. The van der Waals surface area contributed by atoms with Crippen molar-refractivity contribution in [2.24, 2.45) is 0 Å². The Morgan fingerprint density at radius 3 is 2.33 bits per heavy atom. The number of rotatable bonds is 7. The smallest absolute Gasteiger partial charge is 0.321 e. The number of benzene rings is 2. The van der Waals surface area contributed by atoms with Crippen LogP contribution in [0.5, 0.6) is 0 Å². The second-order valence-corrected chi connectivity index (χ2v) is 7.02. The van der Waals surface area contributed by atoms with E-state index in [1.807, 2.05) is 44.2 Å². The van der Waals surface area contributed by atoms with Gasteiger partial charge >= 0.3 is 6.55 Å². The predicted molar refractivity (Wildman–Crippen MR) is 104 cm³/mol. The van der Waals surface area contributed by atoms with Crippen molar-refractivity contribution in [1.82, 2.24) is 14.5 Å². The molecule has 142 valence electrons. The van der Waals surface area contributed by atoms with E-state index >= 15 is 0 Å². The molecule has 3 rings (SSSR count). The molecule has 4 nitrogen and oxygen atoms in total. The molecule has 1 atom stereocenters. The van der Waals surface area contributed by atoms with E-state index in [0.717, 1.165) is 21.9 Å². The molecule has 0 saturated carbocycles. The van der Waals surface area contributed by atoms with Crippen molar-refractivity contribution in [3.8, 4) is 0 Å². The molecule has 0 radical (unpaired) electrons. The van der Waals surface area contributed by atoms with Crippen LogP contribution in [0.4, 0.5) is 8.78 Å².